The Kier molecular flexibility index (Phi) is 7.87. The highest BCUT2D eigenvalue weighted by Gasteiger charge is 2.36. The maximum absolute atomic E-state index is 13.2. The molecule has 2 unspecified atom stereocenters. The number of carbonyl (C=O) groups excluding carboxylic acids is 3. The normalized spacial score (nSPS) is 24.2. The van der Waals surface area contributed by atoms with Gasteiger partial charge in [0.1, 0.15) is 0 Å². The predicted molar refractivity (Wildman–Crippen MR) is 106 cm³/mol. The number of hydrogen-bond donors (Lipinski definition) is 1. The Morgan fingerprint density at radius 3 is 2.52 bits per heavy atom. The van der Waals surface area contributed by atoms with Gasteiger partial charge in [-0.1, -0.05) is 32.8 Å². The van der Waals surface area contributed by atoms with Crippen molar-refractivity contribution in [3.05, 3.63) is 11.6 Å². The van der Waals surface area contributed by atoms with Crippen LogP contribution in [0.15, 0.2) is 11.6 Å². The van der Waals surface area contributed by atoms with E-state index < -0.39 is 0 Å². The van der Waals surface area contributed by atoms with Gasteiger partial charge in [-0.2, -0.15) is 0 Å². The van der Waals surface area contributed by atoms with Gasteiger partial charge in [0.15, 0.2) is 0 Å². The fourth-order valence-corrected chi connectivity index (χ4v) is 4.60. The van der Waals surface area contributed by atoms with Crippen LogP contribution in [0.25, 0.3) is 0 Å². The van der Waals surface area contributed by atoms with Crippen molar-refractivity contribution in [2.24, 2.45) is 11.8 Å². The molecule has 1 aliphatic carbocycles. The molecular formula is C21H35N3O3. The molecule has 1 heterocycles. The lowest BCUT2D eigenvalue weighted by Crippen LogP contribution is -2.50. The third kappa shape index (κ3) is 5.33. The first-order valence-corrected chi connectivity index (χ1v) is 10.3. The van der Waals surface area contributed by atoms with Gasteiger partial charge in [0.05, 0.1) is 12.6 Å². The highest BCUT2D eigenvalue weighted by molar-refractivity contribution is 5.93. The first-order valence-electron chi connectivity index (χ1n) is 10.3. The third-order valence-corrected chi connectivity index (χ3v) is 6.12. The molecule has 3 atom stereocenters. The highest BCUT2D eigenvalue weighted by Crippen LogP contribution is 2.35. The summed E-state index contributed by atoms with van der Waals surface area (Å²) < 4.78 is 0. The Hall–Kier alpha value is -1.85. The number of likely N-dealkylation sites (N-methyl/N-ethyl adjacent to an activating group) is 1. The molecule has 27 heavy (non-hydrogen) atoms. The smallest absolute Gasteiger partial charge is 0.249 e. The topological polar surface area (TPSA) is 69.7 Å². The van der Waals surface area contributed by atoms with E-state index in [2.05, 4.69) is 10.2 Å². The summed E-state index contributed by atoms with van der Waals surface area (Å²) in [5, 5.41) is 2.41. The maximum Gasteiger partial charge on any atom is 0.249 e. The van der Waals surface area contributed by atoms with E-state index in [1.165, 1.54) is 25.7 Å². The number of fused-ring (bicyclic) bond motifs is 1. The minimum Gasteiger partial charge on any atom is -0.350 e. The van der Waals surface area contributed by atoms with Gasteiger partial charge in [-0.15, -0.1) is 0 Å². The predicted octanol–water partition coefficient (Wildman–Crippen LogP) is 2.34. The van der Waals surface area contributed by atoms with Gasteiger partial charge >= 0.3 is 0 Å². The molecule has 1 saturated carbocycles. The minimum absolute atomic E-state index is 0.0278. The molecule has 0 spiro atoms. The molecule has 0 aromatic rings. The molecule has 2 fully saturated rings. The Labute approximate surface area is 163 Å². The molecule has 1 N–H and O–H groups in total. The number of carbonyl (C=O) groups is 3. The number of piperidine rings is 1. The lowest BCUT2D eigenvalue weighted by atomic mass is 9.78. The summed E-state index contributed by atoms with van der Waals surface area (Å²) in [4.78, 5) is 39.6. The van der Waals surface area contributed by atoms with Crippen LogP contribution in [0, 0.1) is 11.8 Å². The van der Waals surface area contributed by atoms with Crippen LogP contribution in [0.2, 0.25) is 0 Å². The Balaban J connectivity index is 2.12. The molecule has 2 aliphatic rings. The van der Waals surface area contributed by atoms with Crippen LogP contribution < -0.4 is 5.32 Å². The second-order valence-electron chi connectivity index (χ2n) is 8.34. The lowest BCUT2D eigenvalue weighted by Gasteiger charge is -2.44. The fourth-order valence-electron chi connectivity index (χ4n) is 4.60. The van der Waals surface area contributed by atoms with E-state index in [0.717, 1.165) is 19.4 Å². The van der Waals surface area contributed by atoms with E-state index >= 15 is 0 Å². The van der Waals surface area contributed by atoms with Gasteiger partial charge in [0.25, 0.3) is 0 Å². The van der Waals surface area contributed by atoms with Gasteiger partial charge in [-0.05, 0) is 44.4 Å². The van der Waals surface area contributed by atoms with Gasteiger partial charge in [0, 0.05) is 25.2 Å². The van der Waals surface area contributed by atoms with E-state index in [1.807, 2.05) is 26.8 Å². The number of nitrogens with zero attached hydrogens (tertiary/aromatic N) is 2. The second-order valence-corrected chi connectivity index (χ2v) is 8.34. The summed E-state index contributed by atoms with van der Waals surface area (Å²) >= 11 is 0. The average molecular weight is 378 g/mol. The largest absolute Gasteiger partial charge is 0.350 e. The molecule has 1 aliphatic heterocycles. The van der Waals surface area contributed by atoms with Crippen LogP contribution in [0.1, 0.15) is 59.3 Å². The van der Waals surface area contributed by atoms with Crippen molar-refractivity contribution in [2.45, 2.75) is 71.4 Å². The van der Waals surface area contributed by atoms with E-state index in [1.54, 1.807) is 11.9 Å². The summed E-state index contributed by atoms with van der Waals surface area (Å²) in [6, 6.07) is 0.207. The molecule has 3 amide bonds. The van der Waals surface area contributed by atoms with Crippen LogP contribution in [0.3, 0.4) is 0 Å². The quantitative estimate of drug-likeness (QED) is 0.547. The van der Waals surface area contributed by atoms with Gasteiger partial charge < -0.3 is 15.1 Å². The van der Waals surface area contributed by atoms with E-state index in [-0.39, 0.29) is 30.3 Å². The minimum atomic E-state index is -0.179. The molecule has 0 bridgehead atoms. The molecule has 1 saturated heterocycles. The fraction of sp³-hybridized carbons (Fsp3) is 0.762. The van der Waals surface area contributed by atoms with Crippen molar-refractivity contribution in [3.63, 3.8) is 0 Å². The maximum atomic E-state index is 13.2. The van der Waals surface area contributed by atoms with Crippen molar-refractivity contribution in [1.82, 2.24) is 15.1 Å². The number of hydrogen-bond acceptors (Lipinski definition) is 3. The van der Waals surface area contributed by atoms with Crippen LogP contribution in [0.4, 0.5) is 0 Å². The summed E-state index contributed by atoms with van der Waals surface area (Å²) in [5.74, 6) is 0.775. The number of amides is 3. The Morgan fingerprint density at radius 1 is 1.19 bits per heavy atom. The Morgan fingerprint density at radius 2 is 1.85 bits per heavy atom. The lowest BCUT2D eigenvalue weighted by molar-refractivity contribution is -0.134. The second kappa shape index (κ2) is 9.90. The number of rotatable bonds is 7. The first-order chi connectivity index (χ1) is 12.9. The zero-order chi connectivity index (χ0) is 20.0. The van der Waals surface area contributed by atoms with E-state index in [4.69, 9.17) is 0 Å². The summed E-state index contributed by atoms with van der Waals surface area (Å²) in [6.07, 6.45) is 9.64. The molecule has 152 valence electrons. The molecule has 6 nitrogen and oxygen atoms in total. The molecule has 6 heteroatoms. The molecule has 0 aromatic heterocycles. The van der Waals surface area contributed by atoms with Crippen molar-refractivity contribution in [1.29, 1.82) is 0 Å². The standard InChI is InChI=1S/C21H35N3O3/c1-15(2)19(23(4)20(26)13-22-14-25)12-16(3)21(27)24-11-7-9-17-8-5-6-10-18(17)24/h12,14-15,17-19H,5-11,13H2,1-4H3,(H,22,25)/b16-12+/t17?,18?,19-/m1/s1. The molecule has 0 aromatic carbocycles. The van der Waals surface area contributed by atoms with Crippen LogP contribution in [-0.4, -0.2) is 60.2 Å². The van der Waals surface area contributed by atoms with Gasteiger partial charge in [-0.25, -0.2) is 0 Å². The van der Waals surface area contributed by atoms with E-state index in [0.29, 0.717) is 23.9 Å². The highest BCUT2D eigenvalue weighted by atomic mass is 16.2. The number of likely N-dealkylation sites (tertiary alicyclic amines) is 1. The number of nitrogens with one attached hydrogen (secondary N) is 1. The van der Waals surface area contributed by atoms with Crippen molar-refractivity contribution in [3.8, 4) is 0 Å². The molecule has 0 radical (unpaired) electrons. The van der Waals surface area contributed by atoms with Crippen molar-refractivity contribution < 1.29 is 14.4 Å². The van der Waals surface area contributed by atoms with Crippen molar-refractivity contribution in [2.75, 3.05) is 20.1 Å². The average Bonchev–Trinajstić information content (AvgIpc) is 2.68. The van der Waals surface area contributed by atoms with Crippen molar-refractivity contribution >= 4 is 18.2 Å². The van der Waals surface area contributed by atoms with Crippen LogP contribution >= 0.6 is 0 Å². The summed E-state index contributed by atoms with van der Waals surface area (Å²) in [5.41, 5.74) is 0.711. The van der Waals surface area contributed by atoms with Crippen LogP contribution in [0.5, 0.6) is 0 Å². The third-order valence-electron chi connectivity index (χ3n) is 6.12. The monoisotopic (exact) mass is 377 g/mol. The van der Waals surface area contributed by atoms with E-state index in [9.17, 15) is 14.4 Å². The Bertz CT molecular complexity index is 571. The summed E-state index contributed by atoms with van der Waals surface area (Å²) in [7, 11) is 1.73. The van der Waals surface area contributed by atoms with Gasteiger partial charge in [-0.3, -0.25) is 14.4 Å². The van der Waals surface area contributed by atoms with Gasteiger partial charge in [0.2, 0.25) is 18.2 Å². The first kappa shape index (κ1) is 21.5. The zero-order valence-corrected chi connectivity index (χ0v) is 17.2. The summed E-state index contributed by atoms with van der Waals surface area (Å²) in [6.45, 7) is 6.75. The van der Waals surface area contributed by atoms with Crippen LogP contribution in [-0.2, 0) is 14.4 Å². The molecular weight excluding hydrogens is 342 g/mol. The zero-order valence-electron chi connectivity index (χ0n) is 17.2. The molecule has 2 rings (SSSR count). The SMILES string of the molecule is C/C(=C\[C@H](C(C)C)N(C)C(=O)CNC=O)C(=O)N1CCCC2CCCCC21.